The zero-order valence-electron chi connectivity index (χ0n) is 40.1. The Bertz CT molecular complexity index is 1460. The lowest BCUT2D eigenvalue weighted by atomic mass is 9.90. The average molecular weight is 863 g/mol. The van der Waals surface area contributed by atoms with Crippen LogP contribution in [0.15, 0.2) is 30.3 Å². The Morgan fingerprint density at radius 1 is 0.852 bits per heavy atom. The number of nitrogens with zero attached hydrogens (tertiary/aromatic N) is 3. The number of likely N-dealkylation sites (tertiary alicyclic amines) is 1. The minimum Gasteiger partial charge on any atom is -0.480 e. The van der Waals surface area contributed by atoms with Crippen molar-refractivity contribution in [2.45, 2.75) is 144 Å². The van der Waals surface area contributed by atoms with Gasteiger partial charge in [-0.25, -0.2) is 4.79 Å². The second-order valence-electron chi connectivity index (χ2n) is 17.1. The first-order valence-corrected chi connectivity index (χ1v) is 22.0. The first kappa shape index (κ1) is 56.9. The van der Waals surface area contributed by atoms with Crippen LogP contribution in [0.1, 0.15) is 107 Å². The van der Waals surface area contributed by atoms with Gasteiger partial charge in [0.15, 0.2) is 0 Å². The fourth-order valence-electron chi connectivity index (χ4n) is 7.43. The Balaban J connectivity index is 0.00000477. The van der Waals surface area contributed by atoms with E-state index in [2.05, 4.69) is 50.6 Å². The van der Waals surface area contributed by atoms with Crippen LogP contribution in [-0.2, 0) is 44.7 Å². The number of carboxylic acids is 1. The van der Waals surface area contributed by atoms with E-state index in [0.29, 0.717) is 25.8 Å². The highest BCUT2D eigenvalue weighted by atomic mass is 16.5. The smallest absolute Gasteiger partial charge is 0.326 e. The van der Waals surface area contributed by atoms with E-state index < -0.39 is 60.1 Å². The molecule has 1 saturated heterocycles. The molecule has 2 rings (SSSR count). The normalized spacial score (nSPS) is 16.9. The van der Waals surface area contributed by atoms with Gasteiger partial charge >= 0.3 is 5.97 Å². The molecular formula is C46H82N6O9. The molecule has 0 spiro atoms. The number of nitrogens with one attached hydrogen (secondary N) is 3. The lowest BCUT2D eigenvalue weighted by molar-refractivity contribution is -0.147. The van der Waals surface area contributed by atoms with E-state index in [4.69, 9.17) is 9.47 Å². The molecule has 1 fully saturated rings. The molecular weight excluding hydrogens is 781 g/mol. The van der Waals surface area contributed by atoms with Crippen molar-refractivity contribution in [2.24, 2.45) is 23.7 Å². The van der Waals surface area contributed by atoms with Gasteiger partial charge < -0.3 is 45.2 Å². The van der Waals surface area contributed by atoms with Crippen LogP contribution in [0.5, 0.6) is 0 Å². The Kier molecular flexibility index (Phi) is 28.0. The van der Waals surface area contributed by atoms with Crippen molar-refractivity contribution in [1.82, 2.24) is 30.7 Å². The summed E-state index contributed by atoms with van der Waals surface area (Å²) in [4.78, 5) is 83.5. The molecule has 1 aliphatic rings. The van der Waals surface area contributed by atoms with Crippen LogP contribution in [0, 0.1) is 23.7 Å². The van der Waals surface area contributed by atoms with Gasteiger partial charge in [-0.3, -0.25) is 24.0 Å². The molecule has 4 N–H and O–H groups in total. The molecule has 8 unspecified atom stereocenters. The summed E-state index contributed by atoms with van der Waals surface area (Å²) < 4.78 is 11.7. The number of carbonyl (C=O) groups excluding carboxylic acids is 5. The third kappa shape index (κ3) is 19.2. The SMILES string of the molecule is CC(C)C.CCC.CCC(C)C(C(CC(=O)N1CCCC1C(OC)C(C)C(=O)NC(Cc1ccccc1)C(=O)O)OC)N(C)C(=O)CNC(=O)C(C(C)C)N(C)C(=O)CNC. The minimum absolute atomic E-state index is 0.0467. The number of ether oxygens (including phenoxy) is 2. The summed E-state index contributed by atoms with van der Waals surface area (Å²) in [5, 5.41) is 18.0. The number of benzene rings is 1. The highest BCUT2D eigenvalue weighted by Crippen LogP contribution is 2.29. The van der Waals surface area contributed by atoms with Crippen LogP contribution in [0.4, 0.5) is 0 Å². The molecule has 1 aliphatic heterocycles. The maximum Gasteiger partial charge on any atom is 0.326 e. The van der Waals surface area contributed by atoms with Gasteiger partial charge in [-0.15, -0.1) is 0 Å². The summed E-state index contributed by atoms with van der Waals surface area (Å²) in [7, 11) is 7.82. The van der Waals surface area contributed by atoms with Crippen molar-refractivity contribution in [2.75, 3.05) is 55.0 Å². The molecule has 5 amide bonds. The molecule has 0 aromatic heterocycles. The molecule has 0 bridgehead atoms. The highest BCUT2D eigenvalue weighted by molar-refractivity contribution is 5.91. The van der Waals surface area contributed by atoms with Gasteiger partial charge in [-0.1, -0.05) is 112 Å². The quantitative estimate of drug-likeness (QED) is 0.128. The van der Waals surface area contributed by atoms with Crippen LogP contribution < -0.4 is 16.0 Å². The average Bonchev–Trinajstić information content (AvgIpc) is 3.69. The molecule has 61 heavy (non-hydrogen) atoms. The zero-order valence-corrected chi connectivity index (χ0v) is 40.1. The van der Waals surface area contributed by atoms with Crippen molar-refractivity contribution in [3.8, 4) is 0 Å². The highest BCUT2D eigenvalue weighted by Gasteiger charge is 2.42. The molecule has 1 heterocycles. The van der Waals surface area contributed by atoms with Gasteiger partial charge in [0.05, 0.1) is 49.7 Å². The first-order valence-electron chi connectivity index (χ1n) is 22.0. The van der Waals surface area contributed by atoms with Crippen LogP contribution in [-0.4, -0.2) is 147 Å². The number of hydrogen-bond donors (Lipinski definition) is 4. The summed E-state index contributed by atoms with van der Waals surface area (Å²) in [5.41, 5.74) is 0.773. The molecule has 0 radical (unpaired) electrons. The standard InChI is InChI=1S/C39H64N6O9.C4H10.C3H8/c1-11-25(4)35(44(8)33(48)23-41-38(50)34(24(2)3)43(7)32(47)22-40-6)30(53-9)21-31(46)45-19-15-18-29(45)36(54-10)26(5)37(49)42-28(39(51)52)20-27-16-13-12-14-17-27;1-4(2)3;1-3-2/h12-14,16-17,24-26,28-30,34-36,40H,11,15,18-23H2,1-10H3,(H,41,50)(H,42,49)(H,51,52);4H,1-3H3;3H2,1-2H3. The summed E-state index contributed by atoms with van der Waals surface area (Å²) in [5.74, 6) is -3.14. The number of carboxylic acid groups (broad SMARTS) is 1. The first-order chi connectivity index (χ1) is 28.7. The van der Waals surface area contributed by atoms with Crippen LogP contribution in [0.25, 0.3) is 0 Å². The third-order valence-corrected chi connectivity index (χ3v) is 10.7. The fourth-order valence-corrected chi connectivity index (χ4v) is 7.43. The molecule has 8 atom stereocenters. The number of rotatable bonds is 22. The second-order valence-corrected chi connectivity index (χ2v) is 17.1. The zero-order chi connectivity index (χ0) is 47.0. The summed E-state index contributed by atoms with van der Waals surface area (Å²) in [6, 6.07) is 6.17. The number of carbonyl (C=O) groups is 6. The van der Waals surface area contributed by atoms with E-state index in [1.54, 1.807) is 57.2 Å². The van der Waals surface area contributed by atoms with Crippen molar-refractivity contribution < 1.29 is 43.3 Å². The number of amides is 5. The molecule has 1 aromatic carbocycles. The predicted octanol–water partition coefficient (Wildman–Crippen LogP) is 4.62. The largest absolute Gasteiger partial charge is 0.480 e. The van der Waals surface area contributed by atoms with Crippen LogP contribution in [0.2, 0.25) is 0 Å². The van der Waals surface area contributed by atoms with E-state index >= 15 is 0 Å². The Hall–Kier alpha value is -4.08. The lowest BCUT2D eigenvalue weighted by Crippen LogP contribution is -2.56. The molecule has 0 saturated carbocycles. The van der Waals surface area contributed by atoms with Crippen molar-refractivity contribution in [1.29, 1.82) is 0 Å². The van der Waals surface area contributed by atoms with E-state index in [1.807, 2.05) is 33.8 Å². The fraction of sp³-hybridized carbons (Fsp3) is 0.739. The van der Waals surface area contributed by atoms with Crippen molar-refractivity contribution >= 4 is 35.5 Å². The van der Waals surface area contributed by atoms with Gasteiger partial charge in [-0.2, -0.15) is 0 Å². The predicted molar refractivity (Wildman–Crippen MR) is 241 cm³/mol. The van der Waals surface area contributed by atoms with Gasteiger partial charge in [0.1, 0.15) is 12.1 Å². The van der Waals surface area contributed by atoms with Crippen LogP contribution in [0.3, 0.4) is 0 Å². The van der Waals surface area contributed by atoms with E-state index in [9.17, 15) is 33.9 Å². The molecule has 1 aromatic rings. The topological polar surface area (TPSA) is 187 Å². The Morgan fingerprint density at radius 2 is 1.41 bits per heavy atom. The minimum atomic E-state index is -1.15. The monoisotopic (exact) mass is 863 g/mol. The second kappa shape index (κ2) is 30.0. The lowest BCUT2D eigenvalue weighted by Gasteiger charge is -2.39. The van der Waals surface area contributed by atoms with E-state index in [-0.39, 0.29) is 55.5 Å². The van der Waals surface area contributed by atoms with Crippen molar-refractivity contribution in [3.05, 3.63) is 35.9 Å². The van der Waals surface area contributed by atoms with Gasteiger partial charge in [0.2, 0.25) is 29.5 Å². The number of hydrogen-bond acceptors (Lipinski definition) is 9. The Labute approximate surface area is 367 Å². The molecule has 350 valence electrons. The maximum absolute atomic E-state index is 14.1. The van der Waals surface area contributed by atoms with Gasteiger partial charge in [-0.05, 0) is 43.2 Å². The van der Waals surface area contributed by atoms with E-state index in [1.165, 1.54) is 30.4 Å². The summed E-state index contributed by atoms with van der Waals surface area (Å²) >= 11 is 0. The van der Waals surface area contributed by atoms with Gasteiger partial charge in [0.25, 0.3) is 0 Å². The van der Waals surface area contributed by atoms with Gasteiger partial charge in [0, 0.05) is 41.3 Å². The number of aliphatic carboxylic acids is 1. The van der Waals surface area contributed by atoms with E-state index in [0.717, 1.165) is 11.5 Å². The van der Waals surface area contributed by atoms with Crippen molar-refractivity contribution in [3.63, 3.8) is 0 Å². The number of likely N-dealkylation sites (N-methyl/N-ethyl adjacent to an activating group) is 3. The molecule has 15 nitrogen and oxygen atoms in total. The molecule has 0 aliphatic carbocycles. The summed E-state index contributed by atoms with van der Waals surface area (Å²) in [6.45, 7) is 20.3. The summed E-state index contributed by atoms with van der Waals surface area (Å²) in [6.07, 6.45) is 1.89. The Morgan fingerprint density at radius 3 is 1.89 bits per heavy atom. The number of methoxy groups -OCH3 is 2. The third-order valence-electron chi connectivity index (χ3n) is 10.7. The van der Waals surface area contributed by atoms with Crippen LogP contribution >= 0.6 is 0 Å². The maximum atomic E-state index is 14.1. The molecule has 15 heteroatoms.